The Labute approximate surface area is 108 Å². The summed E-state index contributed by atoms with van der Waals surface area (Å²) in [6.07, 6.45) is 3.68. The normalized spacial score (nSPS) is 14.1. The highest BCUT2D eigenvalue weighted by atomic mass is 16.4. The van der Waals surface area contributed by atoms with Gasteiger partial charge in [0.15, 0.2) is 0 Å². The van der Waals surface area contributed by atoms with Gasteiger partial charge >= 0.3 is 5.97 Å². The van der Waals surface area contributed by atoms with Crippen LogP contribution in [0.15, 0.2) is 24.3 Å². The number of benzene rings is 1. The number of carboxylic acids is 1. The smallest absolute Gasteiger partial charge is 0.309 e. The molecule has 0 heterocycles. The van der Waals surface area contributed by atoms with E-state index in [1.165, 1.54) is 0 Å². The van der Waals surface area contributed by atoms with Gasteiger partial charge in [0, 0.05) is 0 Å². The van der Waals surface area contributed by atoms with E-state index >= 15 is 0 Å². The van der Waals surface area contributed by atoms with Gasteiger partial charge in [-0.2, -0.15) is 0 Å². The quantitative estimate of drug-likeness (QED) is 0.777. The first-order chi connectivity index (χ1) is 8.54. The summed E-state index contributed by atoms with van der Waals surface area (Å²) in [4.78, 5) is 11.6. The van der Waals surface area contributed by atoms with Gasteiger partial charge in [0.25, 0.3) is 0 Å². The third kappa shape index (κ3) is 3.49. The molecule has 1 atom stereocenters. The minimum absolute atomic E-state index is 0.193. The Kier molecular flexibility index (Phi) is 5.20. The second kappa shape index (κ2) is 6.43. The van der Waals surface area contributed by atoms with Gasteiger partial charge in [-0.05, 0) is 37.0 Å². The predicted molar refractivity (Wildman–Crippen MR) is 71.7 cm³/mol. The Hall–Kier alpha value is -1.51. The summed E-state index contributed by atoms with van der Waals surface area (Å²) in [6, 6.07) is 6.88. The van der Waals surface area contributed by atoms with Gasteiger partial charge in [-0.25, -0.2) is 0 Å². The van der Waals surface area contributed by atoms with Crippen molar-refractivity contribution in [3.63, 3.8) is 0 Å². The zero-order valence-corrected chi connectivity index (χ0v) is 11.1. The van der Waals surface area contributed by atoms with Gasteiger partial charge in [0.05, 0.1) is 5.41 Å². The first-order valence-corrected chi connectivity index (χ1v) is 6.55. The molecule has 0 saturated heterocycles. The summed E-state index contributed by atoms with van der Waals surface area (Å²) in [5.41, 5.74) is 0.180. The second-order valence-electron chi connectivity index (χ2n) is 4.89. The Morgan fingerprint density at radius 2 is 2.06 bits per heavy atom. The van der Waals surface area contributed by atoms with Gasteiger partial charge in [-0.1, -0.05) is 38.8 Å². The molecule has 1 rings (SSSR count). The molecule has 0 aliphatic carbocycles. The maximum Gasteiger partial charge on any atom is 0.309 e. The summed E-state index contributed by atoms with van der Waals surface area (Å²) in [5.74, 6) is -0.542. The predicted octanol–water partition coefficient (Wildman–Crippen LogP) is 3.61. The van der Waals surface area contributed by atoms with E-state index in [2.05, 4.69) is 6.92 Å². The maximum atomic E-state index is 11.6. The van der Waals surface area contributed by atoms with Crippen LogP contribution >= 0.6 is 0 Å². The molecule has 0 bridgehead atoms. The van der Waals surface area contributed by atoms with E-state index in [1.807, 2.05) is 13.0 Å². The molecular weight excluding hydrogens is 228 g/mol. The highest BCUT2D eigenvalue weighted by Gasteiger charge is 2.36. The fraction of sp³-hybridized carbons (Fsp3) is 0.533. The summed E-state index contributed by atoms with van der Waals surface area (Å²) in [5, 5.41) is 19.0. The lowest BCUT2D eigenvalue weighted by Crippen LogP contribution is -2.32. The number of hydrogen-bond acceptors (Lipinski definition) is 2. The summed E-state index contributed by atoms with van der Waals surface area (Å²) >= 11 is 0. The van der Waals surface area contributed by atoms with E-state index in [0.717, 1.165) is 18.4 Å². The molecule has 0 radical (unpaired) electrons. The number of aliphatic carboxylic acids is 1. The number of unbranched alkanes of at least 4 members (excludes halogenated alkanes) is 1. The lowest BCUT2D eigenvalue weighted by molar-refractivity contribution is -0.149. The molecule has 1 aromatic carbocycles. The third-order valence-electron chi connectivity index (χ3n) is 3.59. The Balaban J connectivity index is 2.93. The van der Waals surface area contributed by atoms with Crippen LogP contribution in [0.2, 0.25) is 0 Å². The number of carboxylic acid groups (broad SMARTS) is 1. The fourth-order valence-corrected chi connectivity index (χ4v) is 2.30. The van der Waals surface area contributed by atoms with E-state index in [9.17, 15) is 15.0 Å². The first kappa shape index (κ1) is 14.6. The Bertz CT molecular complexity index is 400. The van der Waals surface area contributed by atoms with E-state index in [4.69, 9.17) is 0 Å². The van der Waals surface area contributed by atoms with Gasteiger partial charge in [0.1, 0.15) is 5.75 Å². The molecule has 0 saturated carbocycles. The van der Waals surface area contributed by atoms with Crippen molar-refractivity contribution in [2.45, 2.75) is 46.0 Å². The molecule has 100 valence electrons. The standard InChI is InChI=1S/C15H22O3/c1-3-5-9-15(4-2,14(17)18)11-12-7-6-8-13(16)10-12/h6-8,10,16H,3-5,9,11H2,1-2H3,(H,17,18). The van der Waals surface area contributed by atoms with Gasteiger partial charge in [-0.3, -0.25) is 4.79 Å². The van der Waals surface area contributed by atoms with Gasteiger partial charge < -0.3 is 10.2 Å². The zero-order valence-electron chi connectivity index (χ0n) is 11.1. The topological polar surface area (TPSA) is 57.5 Å². The highest BCUT2D eigenvalue weighted by Crippen LogP contribution is 2.34. The molecule has 0 amide bonds. The molecule has 0 aliphatic heterocycles. The number of aromatic hydroxyl groups is 1. The van der Waals surface area contributed by atoms with Crippen molar-refractivity contribution in [3.8, 4) is 5.75 Å². The van der Waals surface area contributed by atoms with Crippen molar-refractivity contribution in [1.82, 2.24) is 0 Å². The minimum atomic E-state index is -0.734. The molecule has 3 nitrogen and oxygen atoms in total. The molecular formula is C15H22O3. The molecule has 18 heavy (non-hydrogen) atoms. The van der Waals surface area contributed by atoms with Crippen LogP contribution in [0.4, 0.5) is 0 Å². The minimum Gasteiger partial charge on any atom is -0.508 e. The van der Waals surface area contributed by atoms with E-state index in [0.29, 0.717) is 19.3 Å². The van der Waals surface area contributed by atoms with Crippen LogP contribution < -0.4 is 0 Å². The van der Waals surface area contributed by atoms with E-state index in [1.54, 1.807) is 18.2 Å². The lowest BCUT2D eigenvalue weighted by Gasteiger charge is -2.28. The molecule has 3 heteroatoms. The lowest BCUT2D eigenvalue weighted by atomic mass is 9.75. The SMILES string of the molecule is CCCCC(CC)(Cc1cccc(O)c1)C(=O)O. The molecule has 0 aromatic heterocycles. The van der Waals surface area contributed by atoms with Crippen LogP contribution in [0.1, 0.15) is 45.1 Å². The zero-order chi connectivity index (χ0) is 13.6. The van der Waals surface area contributed by atoms with Crippen LogP contribution in [0, 0.1) is 5.41 Å². The van der Waals surface area contributed by atoms with Crippen molar-refractivity contribution >= 4 is 5.97 Å². The van der Waals surface area contributed by atoms with Crippen LogP contribution in [0.3, 0.4) is 0 Å². The number of rotatable bonds is 7. The molecule has 0 aliphatic rings. The van der Waals surface area contributed by atoms with Crippen LogP contribution in [0.5, 0.6) is 5.75 Å². The van der Waals surface area contributed by atoms with Crippen molar-refractivity contribution in [1.29, 1.82) is 0 Å². The van der Waals surface area contributed by atoms with E-state index < -0.39 is 11.4 Å². The summed E-state index contributed by atoms with van der Waals surface area (Å²) < 4.78 is 0. The Morgan fingerprint density at radius 1 is 1.33 bits per heavy atom. The highest BCUT2D eigenvalue weighted by molar-refractivity contribution is 5.75. The number of phenols is 1. The molecule has 0 fully saturated rings. The van der Waals surface area contributed by atoms with Crippen LogP contribution in [-0.2, 0) is 11.2 Å². The van der Waals surface area contributed by atoms with Crippen molar-refractivity contribution < 1.29 is 15.0 Å². The second-order valence-corrected chi connectivity index (χ2v) is 4.89. The van der Waals surface area contributed by atoms with E-state index in [-0.39, 0.29) is 5.75 Å². The van der Waals surface area contributed by atoms with Crippen LogP contribution in [-0.4, -0.2) is 16.2 Å². The summed E-state index contributed by atoms with van der Waals surface area (Å²) in [7, 11) is 0. The first-order valence-electron chi connectivity index (χ1n) is 6.55. The average molecular weight is 250 g/mol. The van der Waals surface area contributed by atoms with Gasteiger partial charge in [0.2, 0.25) is 0 Å². The molecule has 1 unspecified atom stereocenters. The maximum absolute atomic E-state index is 11.6. The number of hydrogen-bond donors (Lipinski definition) is 2. The van der Waals surface area contributed by atoms with Crippen LogP contribution in [0.25, 0.3) is 0 Å². The summed E-state index contributed by atoms with van der Waals surface area (Å²) in [6.45, 7) is 3.99. The molecule has 0 spiro atoms. The van der Waals surface area contributed by atoms with Crippen molar-refractivity contribution in [3.05, 3.63) is 29.8 Å². The number of carbonyl (C=O) groups is 1. The molecule has 2 N–H and O–H groups in total. The third-order valence-corrected chi connectivity index (χ3v) is 3.59. The average Bonchev–Trinajstić information content (AvgIpc) is 2.34. The molecule has 1 aromatic rings. The largest absolute Gasteiger partial charge is 0.508 e. The van der Waals surface area contributed by atoms with Crippen molar-refractivity contribution in [2.24, 2.45) is 5.41 Å². The van der Waals surface area contributed by atoms with Crippen molar-refractivity contribution in [2.75, 3.05) is 0 Å². The van der Waals surface area contributed by atoms with Gasteiger partial charge in [-0.15, -0.1) is 0 Å². The number of phenolic OH excluding ortho intramolecular Hbond substituents is 1. The Morgan fingerprint density at radius 3 is 2.56 bits per heavy atom. The monoisotopic (exact) mass is 250 g/mol. The fourth-order valence-electron chi connectivity index (χ4n) is 2.30.